The molecule has 120 valence electrons. The number of phenolic OH excluding ortho intramolecular Hbond substituents is 1. The number of hydrogen-bond donors (Lipinski definition) is 1. The second-order valence-electron chi connectivity index (χ2n) is 5.45. The SMILES string of the molecule is C=CCc1c(C)c(S(=O)c2ccccc2)c(C)c(CC=C)c1O. The normalized spacial score (nSPS) is 11.9. The van der Waals surface area contributed by atoms with Crippen LogP contribution < -0.4 is 0 Å². The lowest BCUT2D eigenvalue weighted by Gasteiger charge is -2.19. The van der Waals surface area contributed by atoms with Gasteiger partial charge in [-0.2, -0.15) is 0 Å². The number of phenols is 1. The third-order valence-electron chi connectivity index (χ3n) is 4.00. The van der Waals surface area contributed by atoms with Crippen molar-refractivity contribution < 1.29 is 9.32 Å². The Kier molecular flexibility index (Phi) is 5.56. The molecule has 1 unspecified atom stereocenters. The predicted octanol–water partition coefficient (Wildman–Crippen LogP) is 4.63. The first-order chi connectivity index (χ1) is 11.0. The van der Waals surface area contributed by atoms with Gasteiger partial charge in [0.25, 0.3) is 0 Å². The first kappa shape index (κ1) is 17.2. The average Bonchev–Trinajstić information content (AvgIpc) is 2.56. The molecule has 0 spiro atoms. The molecule has 1 N–H and O–H groups in total. The van der Waals surface area contributed by atoms with Crippen LogP contribution in [0.5, 0.6) is 5.75 Å². The summed E-state index contributed by atoms with van der Waals surface area (Å²) < 4.78 is 13.1. The first-order valence-electron chi connectivity index (χ1n) is 7.55. The maximum absolute atomic E-state index is 13.1. The van der Waals surface area contributed by atoms with Crippen molar-refractivity contribution in [2.75, 3.05) is 0 Å². The zero-order chi connectivity index (χ0) is 17.0. The summed E-state index contributed by atoms with van der Waals surface area (Å²) in [6, 6.07) is 9.40. The Morgan fingerprint density at radius 1 is 1.00 bits per heavy atom. The maximum atomic E-state index is 13.1. The quantitative estimate of drug-likeness (QED) is 0.786. The molecule has 2 nitrogen and oxygen atoms in total. The van der Waals surface area contributed by atoms with Crippen molar-refractivity contribution >= 4 is 10.8 Å². The van der Waals surface area contributed by atoms with Gasteiger partial charge in [0.2, 0.25) is 0 Å². The molecule has 2 aromatic rings. The fourth-order valence-electron chi connectivity index (χ4n) is 2.82. The van der Waals surface area contributed by atoms with E-state index < -0.39 is 10.8 Å². The molecule has 2 aromatic carbocycles. The van der Waals surface area contributed by atoms with Gasteiger partial charge in [-0.1, -0.05) is 30.4 Å². The van der Waals surface area contributed by atoms with Crippen molar-refractivity contribution in [2.24, 2.45) is 0 Å². The summed E-state index contributed by atoms with van der Waals surface area (Å²) in [4.78, 5) is 1.54. The lowest BCUT2D eigenvalue weighted by Crippen LogP contribution is -2.06. The van der Waals surface area contributed by atoms with E-state index >= 15 is 0 Å². The average molecular weight is 326 g/mol. The highest BCUT2D eigenvalue weighted by molar-refractivity contribution is 7.85. The summed E-state index contributed by atoms with van der Waals surface area (Å²) in [7, 11) is -1.29. The lowest BCUT2D eigenvalue weighted by atomic mass is 9.94. The summed E-state index contributed by atoms with van der Waals surface area (Å²) in [5, 5.41) is 10.6. The molecule has 0 aliphatic heterocycles. The van der Waals surface area contributed by atoms with E-state index in [1.54, 1.807) is 12.2 Å². The minimum Gasteiger partial charge on any atom is -0.507 e. The van der Waals surface area contributed by atoms with Crippen molar-refractivity contribution in [3.05, 3.63) is 77.9 Å². The van der Waals surface area contributed by atoms with Crippen LogP contribution in [0.1, 0.15) is 22.3 Å². The van der Waals surface area contributed by atoms with Crippen molar-refractivity contribution in [1.82, 2.24) is 0 Å². The third-order valence-corrected chi connectivity index (χ3v) is 5.68. The molecule has 0 saturated heterocycles. The van der Waals surface area contributed by atoms with E-state index in [9.17, 15) is 9.32 Å². The van der Waals surface area contributed by atoms with Crippen LogP contribution in [-0.4, -0.2) is 9.32 Å². The van der Waals surface area contributed by atoms with Crippen LogP contribution in [0, 0.1) is 13.8 Å². The summed E-state index contributed by atoms with van der Waals surface area (Å²) in [6.45, 7) is 11.4. The van der Waals surface area contributed by atoms with Crippen LogP contribution in [0.3, 0.4) is 0 Å². The number of aromatic hydroxyl groups is 1. The third kappa shape index (κ3) is 3.30. The molecule has 0 saturated carbocycles. The Morgan fingerprint density at radius 3 is 1.91 bits per heavy atom. The molecule has 0 fully saturated rings. The van der Waals surface area contributed by atoms with E-state index in [0.29, 0.717) is 12.8 Å². The first-order valence-corrected chi connectivity index (χ1v) is 8.70. The molecule has 0 bridgehead atoms. The molecule has 0 heterocycles. The van der Waals surface area contributed by atoms with Crippen molar-refractivity contribution in [1.29, 1.82) is 0 Å². The van der Waals surface area contributed by atoms with Gasteiger partial charge in [-0.25, -0.2) is 4.21 Å². The molecule has 23 heavy (non-hydrogen) atoms. The van der Waals surface area contributed by atoms with Gasteiger partial charge in [0.05, 0.1) is 15.7 Å². The molecular formula is C20H22O2S. The molecule has 0 radical (unpaired) electrons. The van der Waals surface area contributed by atoms with Crippen molar-refractivity contribution in [3.8, 4) is 5.75 Å². The van der Waals surface area contributed by atoms with Crippen molar-refractivity contribution in [2.45, 2.75) is 36.5 Å². The Hall–Kier alpha value is -2.13. The van der Waals surface area contributed by atoms with Gasteiger partial charge in [0.1, 0.15) is 5.75 Å². The largest absolute Gasteiger partial charge is 0.507 e. The lowest BCUT2D eigenvalue weighted by molar-refractivity contribution is 0.461. The molecule has 0 aliphatic carbocycles. The van der Waals surface area contributed by atoms with Crippen LogP contribution in [0.4, 0.5) is 0 Å². The summed E-state index contributed by atoms with van der Waals surface area (Å²) in [5.41, 5.74) is 3.33. The Morgan fingerprint density at radius 2 is 1.48 bits per heavy atom. The van der Waals surface area contributed by atoms with Gasteiger partial charge in [-0.15, -0.1) is 13.2 Å². The fourth-order valence-corrected chi connectivity index (χ4v) is 4.26. The second kappa shape index (κ2) is 7.42. The number of hydrogen-bond acceptors (Lipinski definition) is 2. The maximum Gasteiger partial charge on any atom is 0.123 e. The van der Waals surface area contributed by atoms with Crippen LogP contribution in [0.25, 0.3) is 0 Å². The van der Waals surface area contributed by atoms with Gasteiger partial charge < -0.3 is 5.11 Å². The van der Waals surface area contributed by atoms with E-state index in [1.807, 2.05) is 44.2 Å². The minimum atomic E-state index is -1.29. The molecule has 0 amide bonds. The molecular weight excluding hydrogens is 304 g/mol. The summed E-state index contributed by atoms with van der Waals surface area (Å²) >= 11 is 0. The van der Waals surface area contributed by atoms with E-state index in [1.165, 1.54) is 0 Å². The van der Waals surface area contributed by atoms with Crippen LogP contribution >= 0.6 is 0 Å². The number of allylic oxidation sites excluding steroid dienone is 2. The molecule has 0 aliphatic rings. The van der Waals surface area contributed by atoms with Crippen molar-refractivity contribution in [3.63, 3.8) is 0 Å². The van der Waals surface area contributed by atoms with Gasteiger partial charge >= 0.3 is 0 Å². The van der Waals surface area contributed by atoms with E-state index in [2.05, 4.69) is 13.2 Å². The van der Waals surface area contributed by atoms with Gasteiger partial charge in [0, 0.05) is 16.0 Å². The summed E-state index contributed by atoms with van der Waals surface area (Å²) in [6.07, 6.45) is 4.59. The number of benzene rings is 2. The molecule has 0 aromatic heterocycles. The van der Waals surface area contributed by atoms with Gasteiger partial charge in [-0.05, 0) is 49.9 Å². The Labute approximate surface area is 140 Å². The summed E-state index contributed by atoms with van der Waals surface area (Å²) in [5.74, 6) is 0.272. The van der Waals surface area contributed by atoms with Gasteiger partial charge in [0.15, 0.2) is 0 Å². The number of rotatable bonds is 6. The van der Waals surface area contributed by atoms with Crippen LogP contribution in [0.15, 0.2) is 65.4 Å². The Bertz CT molecular complexity index is 724. The highest BCUT2D eigenvalue weighted by Gasteiger charge is 2.22. The predicted molar refractivity (Wildman–Crippen MR) is 96.5 cm³/mol. The van der Waals surface area contributed by atoms with Gasteiger partial charge in [-0.3, -0.25) is 0 Å². The smallest absolute Gasteiger partial charge is 0.123 e. The second-order valence-corrected chi connectivity index (χ2v) is 6.87. The Balaban J connectivity index is 2.73. The highest BCUT2D eigenvalue weighted by Crippen LogP contribution is 2.37. The highest BCUT2D eigenvalue weighted by atomic mass is 32.2. The topological polar surface area (TPSA) is 37.3 Å². The minimum absolute atomic E-state index is 0.272. The van der Waals surface area contributed by atoms with Crippen LogP contribution in [-0.2, 0) is 23.6 Å². The van der Waals surface area contributed by atoms with E-state index in [0.717, 1.165) is 32.0 Å². The molecule has 2 rings (SSSR count). The van der Waals surface area contributed by atoms with Crippen LogP contribution in [0.2, 0.25) is 0 Å². The fraction of sp³-hybridized carbons (Fsp3) is 0.200. The zero-order valence-electron chi connectivity index (χ0n) is 13.6. The zero-order valence-corrected chi connectivity index (χ0v) is 14.5. The van der Waals surface area contributed by atoms with E-state index in [-0.39, 0.29) is 5.75 Å². The molecule has 1 atom stereocenters. The molecule has 3 heteroatoms. The standard InChI is InChI=1S/C20H22O2S/c1-5-10-17-14(3)20(15(4)18(11-6-2)19(17)21)23(22)16-12-8-7-9-13-16/h5-9,12-13,21H,1-2,10-11H2,3-4H3. The monoisotopic (exact) mass is 326 g/mol. The van der Waals surface area contributed by atoms with E-state index in [4.69, 9.17) is 0 Å².